The van der Waals surface area contributed by atoms with Gasteiger partial charge in [-0.05, 0) is 43.3 Å². The van der Waals surface area contributed by atoms with Crippen LogP contribution in [0.1, 0.15) is 6.92 Å². The molecule has 2 aromatic carbocycles. The molecule has 1 heterocycles. The molecule has 0 aliphatic heterocycles. The molecule has 0 bridgehead atoms. The molecule has 0 aliphatic carbocycles. The zero-order valence-corrected chi connectivity index (χ0v) is 12.8. The Bertz CT molecular complexity index is 883. The van der Waals surface area contributed by atoms with E-state index >= 15 is 0 Å². The topological polar surface area (TPSA) is 87.1 Å². The Balaban J connectivity index is 1.99. The third-order valence-corrected chi connectivity index (χ3v) is 3.43. The van der Waals surface area contributed by atoms with Gasteiger partial charge in [0.1, 0.15) is 17.7 Å². The number of aliphatic carboxylic acids is 1. The highest BCUT2D eigenvalue weighted by Crippen LogP contribution is 2.24. The van der Waals surface area contributed by atoms with Crippen molar-refractivity contribution in [3.63, 3.8) is 0 Å². The van der Waals surface area contributed by atoms with Gasteiger partial charge in [-0.15, -0.1) is 0 Å². The largest absolute Gasteiger partial charge is 0.480 e. The first-order chi connectivity index (χ1) is 11.5. The van der Waals surface area contributed by atoms with E-state index in [4.69, 9.17) is 5.11 Å². The first-order valence-corrected chi connectivity index (χ1v) is 7.31. The van der Waals surface area contributed by atoms with E-state index in [-0.39, 0.29) is 5.82 Å². The molecule has 6 nitrogen and oxygen atoms in total. The van der Waals surface area contributed by atoms with Gasteiger partial charge in [0.05, 0.1) is 5.52 Å². The van der Waals surface area contributed by atoms with Gasteiger partial charge in [0.25, 0.3) is 0 Å². The molecular formula is C17H15FN4O2. The summed E-state index contributed by atoms with van der Waals surface area (Å²) in [6.45, 7) is 1.53. The zero-order valence-electron chi connectivity index (χ0n) is 12.8. The van der Waals surface area contributed by atoms with E-state index in [0.717, 1.165) is 5.39 Å². The summed E-state index contributed by atoms with van der Waals surface area (Å²) in [7, 11) is 0. The van der Waals surface area contributed by atoms with Crippen LogP contribution in [-0.4, -0.2) is 27.1 Å². The average molecular weight is 326 g/mol. The van der Waals surface area contributed by atoms with Crippen molar-refractivity contribution in [3.05, 3.63) is 54.3 Å². The van der Waals surface area contributed by atoms with Crippen molar-refractivity contribution in [2.45, 2.75) is 13.0 Å². The lowest BCUT2D eigenvalue weighted by Crippen LogP contribution is -2.26. The van der Waals surface area contributed by atoms with E-state index in [2.05, 4.69) is 20.6 Å². The van der Waals surface area contributed by atoms with Crippen molar-refractivity contribution < 1.29 is 14.3 Å². The van der Waals surface area contributed by atoms with E-state index < -0.39 is 12.0 Å². The monoisotopic (exact) mass is 326 g/mol. The minimum absolute atomic E-state index is 0.292. The molecule has 0 saturated heterocycles. The van der Waals surface area contributed by atoms with E-state index in [1.165, 1.54) is 19.1 Å². The zero-order chi connectivity index (χ0) is 17.1. The second-order valence-corrected chi connectivity index (χ2v) is 5.25. The minimum atomic E-state index is -0.981. The molecule has 122 valence electrons. The summed E-state index contributed by atoms with van der Waals surface area (Å²) >= 11 is 0. The van der Waals surface area contributed by atoms with Crippen LogP contribution in [0, 0.1) is 5.82 Å². The van der Waals surface area contributed by atoms with Crippen LogP contribution in [0.3, 0.4) is 0 Å². The van der Waals surface area contributed by atoms with Crippen LogP contribution in [0.4, 0.5) is 21.8 Å². The molecule has 3 N–H and O–H groups in total. The summed E-state index contributed by atoms with van der Waals surface area (Å²) in [6.07, 6.45) is 0. The van der Waals surface area contributed by atoms with Gasteiger partial charge in [-0.1, -0.05) is 12.1 Å². The van der Waals surface area contributed by atoms with Crippen LogP contribution in [0.25, 0.3) is 10.9 Å². The molecule has 0 amide bonds. The molecule has 0 aliphatic rings. The number of para-hydroxylation sites is 1. The molecule has 0 spiro atoms. The van der Waals surface area contributed by atoms with E-state index in [9.17, 15) is 9.18 Å². The van der Waals surface area contributed by atoms with Gasteiger partial charge < -0.3 is 15.7 Å². The summed E-state index contributed by atoms with van der Waals surface area (Å²) in [4.78, 5) is 19.8. The summed E-state index contributed by atoms with van der Waals surface area (Å²) in [5.74, 6) is -0.608. The number of carboxylic acids is 1. The first-order valence-electron chi connectivity index (χ1n) is 7.31. The van der Waals surface area contributed by atoms with E-state index in [1.54, 1.807) is 12.1 Å². The summed E-state index contributed by atoms with van der Waals surface area (Å²) in [5.41, 5.74) is 1.29. The van der Waals surface area contributed by atoms with Crippen molar-refractivity contribution in [2.24, 2.45) is 0 Å². The lowest BCUT2D eigenvalue weighted by Gasteiger charge is -2.14. The predicted octanol–water partition coefficient (Wildman–Crippen LogP) is 3.40. The van der Waals surface area contributed by atoms with Gasteiger partial charge >= 0.3 is 5.97 Å². The number of aromatic nitrogens is 2. The number of carbonyl (C=O) groups is 1. The predicted molar refractivity (Wildman–Crippen MR) is 89.9 cm³/mol. The molecule has 0 fully saturated rings. The molecule has 1 unspecified atom stereocenters. The maximum absolute atomic E-state index is 13.0. The Kier molecular flexibility index (Phi) is 4.24. The van der Waals surface area contributed by atoms with Crippen LogP contribution >= 0.6 is 0 Å². The Morgan fingerprint density at radius 1 is 1.12 bits per heavy atom. The normalized spacial score (nSPS) is 11.9. The van der Waals surface area contributed by atoms with Gasteiger partial charge in [-0.25, -0.2) is 9.37 Å². The Labute approximate surface area is 137 Å². The molecule has 1 aromatic heterocycles. The van der Waals surface area contributed by atoms with Gasteiger partial charge in [-0.2, -0.15) is 4.98 Å². The van der Waals surface area contributed by atoms with Crippen LogP contribution in [0.2, 0.25) is 0 Å². The molecular weight excluding hydrogens is 311 g/mol. The molecule has 3 rings (SSSR count). The van der Waals surface area contributed by atoms with Gasteiger partial charge in [0.15, 0.2) is 0 Å². The smallest absolute Gasteiger partial charge is 0.325 e. The first kappa shape index (κ1) is 15.7. The molecule has 1 atom stereocenters. The SMILES string of the molecule is CC(Nc1nc(Nc2ccc(F)cc2)nc2ccccc12)C(=O)O. The number of hydrogen-bond acceptors (Lipinski definition) is 5. The fourth-order valence-electron chi connectivity index (χ4n) is 2.17. The van der Waals surface area contributed by atoms with Gasteiger partial charge in [0, 0.05) is 11.1 Å². The van der Waals surface area contributed by atoms with Crippen molar-refractivity contribution in [1.82, 2.24) is 9.97 Å². The van der Waals surface area contributed by atoms with Crippen molar-refractivity contribution in [1.29, 1.82) is 0 Å². The van der Waals surface area contributed by atoms with Crippen LogP contribution in [0.5, 0.6) is 0 Å². The number of rotatable bonds is 5. The summed E-state index contributed by atoms with van der Waals surface area (Å²) in [6, 6.07) is 12.3. The third kappa shape index (κ3) is 3.40. The van der Waals surface area contributed by atoms with Crippen LogP contribution in [0.15, 0.2) is 48.5 Å². The Hall–Kier alpha value is -3.22. The standard InChI is InChI=1S/C17H15FN4O2/c1-10(16(23)24)19-15-13-4-2-3-5-14(13)21-17(22-15)20-12-8-6-11(18)7-9-12/h2-10H,1H3,(H,23,24)(H2,19,20,21,22). The van der Waals surface area contributed by atoms with E-state index in [0.29, 0.717) is 23.0 Å². The highest BCUT2D eigenvalue weighted by Gasteiger charge is 2.14. The minimum Gasteiger partial charge on any atom is -0.480 e. The molecule has 3 aromatic rings. The third-order valence-electron chi connectivity index (χ3n) is 3.43. The molecule has 0 radical (unpaired) electrons. The number of anilines is 3. The second-order valence-electron chi connectivity index (χ2n) is 5.25. The Morgan fingerprint density at radius 2 is 1.83 bits per heavy atom. The van der Waals surface area contributed by atoms with Crippen molar-refractivity contribution >= 4 is 34.3 Å². The number of fused-ring (bicyclic) bond motifs is 1. The number of hydrogen-bond donors (Lipinski definition) is 3. The lowest BCUT2D eigenvalue weighted by molar-refractivity contribution is -0.137. The maximum atomic E-state index is 13.0. The van der Waals surface area contributed by atoms with Crippen molar-refractivity contribution in [3.8, 4) is 0 Å². The van der Waals surface area contributed by atoms with Gasteiger partial charge in [0.2, 0.25) is 5.95 Å². The number of carboxylic acid groups (broad SMARTS) is 1. The maximum Gasteiger partial charge on any atom is 0.325 e. The number of nitrogens with one attached hydrogen (secondary N) is 2. The second kappa shape index (κ2) is 6.49. The van der Waals surface area contributed by atoms with Gasteiger partial charge in [-0.3, -0.25) is 4.79 Å². The lowest BCUT2D eigenvalue weighted by atomic mass is 10.2. The average Bonchev–Trinajstić information content (AvgIpc) is 2.57. The number of halogens is 1. The fraction of sp³-hybridized carbons (Fsp3) is 0.118. The summed E-state index contributed by atoms with van der Waals surface area (Å²) in [5, 5.41) is 15.7. The highest BCUT2D eigenvalue weighted by atomic mass is 19.1. The molecule has 24 heavy (non-hydrogen) atoms. The number of nitrogens with zero attached hydrogens (tertiary/aromatic N) is 2. The quantitative estimate of drug-likeness (QED) is 0.666. The van der Waals surface area contributed by atoms with Crippen LogP contribution < -0.4 is 10.6 Å². The summed E-state index contributed by atoms with van der Waals surface area (Å²) < 4.78 is 13.0. The van der Waals surface area contributed by atoms with Crippen LogP contribution in [-0.2, 0) is 4.79 Å². The molecule has 7 heteroatoms. The number of benzene rings is 2. The molecule has 0 saturated carbocycles. The van der Waals surface area contributed by atoms with Crippen molar-refractivity contribution in [2.75, 3.05) is 10.6 Å². The highest BCUT2D eigenvalue weighted by molar-refractivity contribution is 5.91. The Morgan fingerprint density at radius 3 is 2.54 bits per heavy atom. The fourth-order valence-corrected chi connectivity index (χ4v) is 2.17. The van der Waals surface area contributed by atoms with E-state index in [1.807, 2.05) is 24.3 Å².